The molecule has 2 aliphatic rings. The predicted molar refractivity (Wildman–Crippen MR) is 102 cm³/mol. The highest BCUT2D eigenvalue weighted by atomic mass is 16.2. The number of anilines is 2. The molecular formula is C21H25N3O. The van der Waals surface area contributed by atoms with Gasteiger partial charge in [-0.3, -0.25) is 9.69 Å². The maximum Gasteiger partial charge on any atom is 0.250 e. The first-order chi connectivity index (χ1) is 12.0. The van der Waals surface area contributed by atoms with E-state index in [2.05, 4.69) is 47.6 Å². The molecule has 4 heteroatoms. The molecule has 1 fully saturated rings. The molecule has 130 valence electrons. The van der Waals surface area contributed by atoms with Crippen LogP contribution in [0.3, 0.4) is 0 Å². The van der Waals surface area contributed by atoms with E-state index in [1.54, 1.807) is 0 Å². The first kappa shape index (κ1) is 16.2. The second kappa shape index (κ2) is 6.19. The van der Waals surface area contributed by atoms with Crippen molar-refractivity contribution in [2.45, 2.75) is 38.8 Å². The van der Waals surface area contributed by atoms with Gasteiger partial charge < -0.3 is 10.6 Å². The summed E-state index contributed by atoms with van der Waals surface area (Å²) in [5, 5.41) is 6.61. The average Bonchev–Trinajstić information content (AvgIpc) is 2.57. The van der Waals surface area contributed by atoms with Gasteiger partial charge in [0, 0.05) is 19.6 Å². The average molecular weight is 335 g/mol. The fourth-order valence-electron chi connectivity index (χ4n) is 4.12. The van der Waals surface area contributed by atoms with Gasteiger partial charge in [0.05, 0.1) is 11.4 Å². The molecule has 2 aromatic carbocycles. The van der Waals surface area contributed by atoms with E-state index in [1.807, 2.05) is 24.3 Å². The number of carbonyl (C=O) groups excluding carboxylic acids is 1. The number of benzene rings is 2. The summed E-state index contributed by atoms with van der Waals surface area (Å²) in [6, 6.07) is 14.7. The number of rotatable bonds is 2. The molecule has 0 atom stereocenters. The van der Waals surface area contributed by atoms with Crippen LogP contribution >= 0.6 is 0 Å². The minimum absolute atomic E-state index is 0.109. The molecule has 1 amide bonds. The number of piperidine rings is 1. The van der Waals surface area contributed by atoms with Crippen molar-refractivity contribution in [3.05, 3.63) is 59.2 Å². The fourth-order valence-corrected chi connectivity index (χ4v) is 4.12. The normalized spacial score (nSPS) is 19.2. The number of hydrogen-bond acceptors (Lipinski definition) is 3. The Hall–Kier alpha value is -2.33. The smallest absolute Gasteiger partial charge is 0.250 e. The van der Waals surface area contributed by atoms with Crippen molar-refractivity contribution >= 4 is 17.3 Å². The summed E-state index contributed by atoms with van der Waals surface area (Å²) < 4.78 is 0. The Labute approximate surface area is 149 Å². The highest BCUT2D eigenvalue weighted by molar-refractivity contribution is 6.06. The van der Waals surface area contributed by atoms with Gasteiger partial charge in [0.1, 0.15) is 5.54 Å². The molecule has 0 unspecified atom stereocenters. The van der Waals surface area contributed by atoms with Gasteiger partial charge in [0.15, 0.2) is 0 Å². The van der Waals surface area contributed by atoms with Crippen molar-refractivity contribution in [3.63, 3.8) is 0 Å². The molecule has 0 aromatic heterocycles. The van der Waals surface area contributed by atoms with Gasteiger partial charge in [-0.25, -0.2) is 0 Å². The van der Waals surface area contributed by atoms with Crippen molar-refractivity contribution in [1.29, 1.82) is 0 Å². The Balaban J connectivity index is 1.45. The lowest BCUT2D eigenvalue weighted by molar-refractivity contribution is -0.122. The van der Waals surface area contributed by atoms with Crippen molar-refractivity contribution < 1.29 is 4.79 Å². The van der Waals surface area contributed by atoms with Gasteiger partial charge in [0.2, 0.25) is 5.91 Å². The molecule has 2 aromatic rings. The Morgan fingerprint density at radius 2 is 1.64 bits per heavy atom. The third kappa shape index (κ3) is 3.14. The number of nitrogens with zero attached hydrogens (tertiary/aromatic N) is 1. The minimum atomic E-state index is -0.465. The molecule has 0 radical (unpaired) electrons. The number of hydrogen-bond donors (Lipinski definition) is 2. The van der Waals surface area contributed by atoms with E-state index < -0.39 is 5.54 Å². The van der Waals surface area contributed by atoms with E-state index in [0.29, 0.717) is 0 Å². The van der Waals surface area contributed by atoms with E-state index in [4.69, 9.17) is 0 Å². The lowest BCUT2D eigenvalue weighted by atomic mass is 9.84. The van der Waals surface area contributed by atoms with Gasteiger partial charge in [-0.1, -0.05) is 41.5 Å². The van der Waals surface area contributed by atoms with Crippen molar-refractivity contribution in [3.8, 4) is 0 Å². The summed E-state index contributed by atoms with van der Waals surface area (Å²) in [5.74, 6) is 0.109. The quantitative estimate of drug-likeness (QED) is 0.879. The van der Waals surface area contributed by atoms with E-state index in [1.165, 1.54) is 16.7 Å². The number of amides is 1. The van der Waals surface area contributed by atoms with E-state index in [9.17, 15) is 4.79 Å². The largest absolute Gasteiger partial charge is 0.369 e. The van der Waals surface area contributed by atoms with Crippen LogP contribution in [0.2, 0.25) is 0 Å². The van der Waals surface area contributed by atoms with Crippen molar-refractivity contribution in [2.24, 2.45) is 0 Å². The maximum absolute atomic E-state index is 12.7. The molecule has 2 heterocycles. The zero-order valence-corrected chi connectivity index (χ0v) is 14.9. The van der Waals surface area contributed by atoms with Crippen LogP contribution in [-0.4, -0.2) is 29.4 Å². The Bertz CT molecular complexity index is 786. The highest BCUT2D eigenvalue weighted by Crippen LogP contribution is 2.36. The molecule has 0 bridgehead atoms. The molecule has 2 aliphatic heterocycles. The number of fused-ring (bicyclic) bond motifs is 1. The zero-order valence-electron chi connectivity index (χ0n) is 14.9. The first-order valence-electron chi connectivity index (χ1n) is 9.02. The van der Waals surface area contributed by atoms with Crippen LogP contribution in [-0.2, 0) is 11.3 Å². The Morgan fingerprint density at radius 3 is 2.32 bits per heavy atom. The van der Waals surface area contributed by atoms with Crippen LogP contribution in [0.15, 0.2) is 42.5 Å². The Kier molecular flexibility index (Phi) is 4.00. The zero-order chi connectivity index (χ0) is 17.4. The third-order valence-corrected chi connectivity index (χ3v) is 5.38. The monoisotopic (exact) mass is 335 g/mol. The number of carbonyl (C=O) groups is 1. The molecule has 1 spiro atoms. The molecule has 4 nitrogen and oxygen atoms in total. The lowest BCUT2D eigenvalue weighted by Gasteiger charge is -2.44. The lowest BCUT2D eigenvalue weighted by Crippen LogP contribution is -2.58. The molecule has 25 heavy (non-hydrogen) atoms. The summed E-state index contributed by atoms with van der Waals surface area (Å²) in [4.78, 5) is 15.1. The second-order valence-corrected chi connectivity index (χ2v) is 7.48. The predicted octanol–water partition coefficient (Wildman–Crippen LogP) is 3.70. The number of aryl methyl sites for hydroxylation is 2. The molecule has 1 saturated heterocycles. The van der Waals surface area contributed by atoms with E-state index in [-0.39, 0.29) is 5.91 Å². The van der Waals surface area contributed by atoms with Crippen LogP contribution in [0.4, 0.5) is 11.4 Å². The Morgan fingerprint density at radius 1 is 1.00 bits per heavy atom. The summed E-state index contributed by atoms with van der Waals surface area (Å²) in [6.45, 7) is 7.10. The highest BCUT2D eigenvalue weighted by Gasteiger charge is 2.44. The van der Waals surface area contributed by atoms with Crippen molar-refractivity contribution in [2.75, 3.05) is 23.7 Å². The topological polar surface area (TPSA) is 44.4 Å². The van der Waals surface area contributed by atoms with Crippen LogP contribution < -0.4 is 10.6 Å². The van der Waals surface area contributed by atoms with Gasteiger partial charge in [-0.05, 0) is 44.4 Å². The SMILES string of the molecule is Cc1cc(C)cc(CN2CCC3(CC2)Nc2ccccc2NC3=O)c1. The summed E-state index contributed by atoms with van der Waals surface area (Å²) in [7, 11) is 0. The van der Waals surface area contributed by atoms with Crippen LogP contribution in [0, 0.1) is 13.8 Å². The van der Waals surface area contributed by atoms with Gasteiger partial charge in [-0.15, -0.1) is 0 Å². The summed E-state index contributed by atoms with van der Waals surface area (Å²) in [6.07, 6.45) is 1.66. The van der Waals surface area contributed by atoms with Gasteiger partial charge in [0.25, 0.3) is 0 Å². The van der Waals surface area contributed by atoms with Crippen LogP contribution in [0.5, 0.6) is 0 Å². The molecule has 4 rings (SSSR count). The van der Waals surface area contributed by atoms with E-state index >= 15 is 0 Å². The first-order valence-corrected chi connectivity index (χ1v) is 9.02. The number of likely N-dealkylation sites (tertiary alicyclic amines) is 1. The van der Waals surface area contributed by atoms with Gasteiger partial charge >= 0.3 is 0 Å². The second-order valence-electron chi connectivity index (χ2n) is 7.48. The van der Waals surface area contributed by atoms with Crippen molar-refractivity contribution in [1.82, 2.24) is 4.90 Å². The maximum atomic E-state index is 12.7. The molecule has 0 aliphatic carbocycles. The van der Waals surface area contributed by atoms with Crippen LogP contribution in [0.25, 0.3) is 0 Å². The minimum Gasteiger partial charge on any atom is -0.369 e. The molecule has 0 saturated carbocycles. The molecular weight excluding hydrogens is 310 g/mol. The number of nitrogens with one attached hydrogen (secondary N) is 2. The number of para-hydroxylation sites is 2. The van der Waals surface area contributed by atoms with Gasteiger partial charge in [-0.2, -0.15) is 0 Å². The van der Waals surface area contributed by atoms with Crippen LogP contribution in [0.1, 0.15) is 29.5 Å². The summed E-state index contributed by atoms with van der Waals surface area (Å²) in [5.41, 5.74) is 5.44. The van der Waals surface area contributed by atoms with E-state index in [0.717, 1.165) is 43.9 Å². The summed E-state index contributed by atoms with van der Waals surface area (Å²) >= 11 is 0. The molecule has 2 N–H and O–H groups in total. The third-order valence-electron chi connectivity index (χ3n) is 5.38. The fraction of sp³-hybridized carbons (Fsp3) is 0.381. The standard InChI is InChI=1S/C21H25N3O/c1-15-11-16(2)13-17(12-15)14-24-9-7-21(8-10-24)20(25)22-18-5-3-4-6-19(18)23-21/h3-6,11-13,23H,7-10,14H2,1-2H3,(H,22,25).